The zero-order chi connectivity index (χ0) is 24.5. The molecule has 4 aliphatic rings. The minimum absolute atomic E-state index is 0.0831. The van der Waals surface area contributed by atoms with Gasteiger partial charge in [0.05, 0.1) is 16.9 Å². The highest BCUT2D eigenvalue weighted by molar-refractivity contribution is 6.05. The van der Waals surface area contributed by atoms with Crippen molar-refractivity contribution in [3.63, 3.8) is 0 Å². The van der Waals surface area contributed by atoms with Gasteiger partial charge in [0.1, 0.15) is 5.69 Å². The van der Waals surface area contributed by atoms with Crippen molar-refractivity contribution in [2.24, 2.45) is 17.8 Å². The van der Waals surface area contributed by atoms with Crippen LogP contribution in [0.2, 0.25) is 0 Å². The number of benzene rings is 2. The zero-order valence-corrected chi connectivity index (χ0v) is 18.6. The van der Waals surface area contributed by atoms with E-state index in [1.165, 1.54) is 6.20 Å². The molecule has 0 aliphatic heterocycles. The highest BCUT2D eigenvalue weighted by Gasteiger charge is 2.54. The minimum Gasteiger partial charge on any atom is -0.317 e. The Bertz CT molecular complexity index is 1270. The van der Waals surface area contributed by atoms with Crippen molar-refractivity contribution in [1.82, 2.24) is 9.78 Å². The van der Waals surface area contributed by atoms with Gasteiger partial charge in [0, 0.05) is 11.6 Å². The SMILES string of the molecule is O=C(Nc1c(F)c(F)c(F)c(F)c1F)c1cn(-c2ccccc2)nc1C12CC3CC(CC(C3)C1)C2. The van der Waals surface area contributed by atoms with Crippen LogP contribution < -0.4 is 5.32 Å². The maximum absolute atomic E-state index is 14.3. The van der Waals surface area contributed by atoms with E-state index in [0.717, 1.165) is 38.5 Å². The molecule has 35 heavy (non-hydrogen) atoms. The van der Waals surface area contributed by atoms with Crippen molar-refractivity contribution < 1.29 is 26.7 Å². The molecule has 0 unspecified atom stereocenters. The second-order valence-corrected chi connectivity index (χ2v) is 10.3. The number of hydrogen-bond acceptors (Lipinski definition) is 2. The largest absolute Gasteiger partial charge is 0.317 e. The van der Waals surface area contributed by atoms with Crippen LogP contribution in [-0.2, 0) is 5.41 Å². The highest BCUT2D eigenvalue weighted by Crippen LogP contribution is 2.61. The standard InChI is InChI=1S/C26H22F5N3O/c27-18-19(28)21(30)23(22(31)20(18)29)32-25(35)17-12-34(16-4-2-1-3-5-16)33-24(17)26-9-13-6-14(10-26)8-15(7-13)11-26/h1-5,12-15H,6-11H2,(H,32,35). The fraction of sp³-hybridized carbons (Fsp3) is 0.385. The molecule has 4 fully saturated rings. The van der Waals surface area contributed by atoms with Gasteiger partial charge in [0.15, 0.2) is 23.3 Å². The minimum atomic E-state index is -2.27. The van der Waals surface area contributed by atoms with Crippen LogP contribution in [0.15, 0.2) is 36.5 Å². The Morgan fingerprint density at radius 2 is 1.34 bits per heavy atom. The first-order valence-electron chi connectivity index (χ1n) is 11.7. The average molecular weight is 487 g/mol. The first-order valence-corrected chi connectivity index (χ1v) is 11.7. The number of aromatic nitrogens is 2. The summed E-state index contributed by atoms with van der Waals surface area (Å²) >= 11 is 0. The second kappa shape index (κ2) is 7.90. The summed E-state index contributed by atoms with van der Waals surface area (Å²) in [5.41, 5.74) is -0.414. The van der Waals surface area contributed by atoms with Gasteiger partial charge in [-0.15, -0.1) is 0 Å². The lowest BCUT2D eigenvalue weighted by Gasteiger charge is -2.56. The van der Waals surface area contributed by atoms with E-state index in [1.807, 2.05) is 35.6 Å². The summed E-state index contributed by atoms with van der Waals surface area (Å²) in [6, 6.07) is 9.08. The number of hydrogen-bond donors (Lipinski definition) is 1. The van der Waals surface area contributed by atoms with Gasteiger partial charge in [-0.05, 0) is 68.4 Å². The van der Waals surface area contributed by atoms with Crippen LogP contribution in [0.5, 0.6) is 0 Å². The van der Waals surface area contributed by atoms with Gasteiger partial charge in [-0.2, -0.15) is 5.10 Å². The van der Waals surface area contributed by atoms with Crippen LogP contribution >= 0.6 is 0 Å². The van der Waals surface area contributed by atoms with Crippen LogP contribution in [0.3, 0.4) is 0 Å². The van der Waals surface area contributed by atoms with Gasteiger partial charge >= 0.3 is 0 Å². The quantitative estimate of drug-likeness (QED) is 0.267. The summed E-state index contributed by atoms with van der Waals surface area (Å²) in [5.74, 6) is -10.0. The number of amides is 1. The van der Waals surface area contributed by atoms with Crippen LogP contribution in [0.25, 0.3) is 5.69 Å². The van der Waals surface area contributed by atoms with Gasteiger partial charge in [-0.1, -0.05) is 18.2 Å². The monoisotopic (exact) mass is 487 g/mol. The summed E-state index contributed by atoms with van der Waals surface area (Å²) in [6.45, 7) is 0. The fourth-order valence-electron chi connectivity index (χ4n) is 6.94. The number of para-hydroxylation sites is 1. The predicted molar refractivity (Wildman–Crippen MR) is 118 cm³/mol. The van der Waals surface area contributed by atoms with Crippen molar-refractivity contribution in [3.8, 4) is 5.69 Å². The van der Waals surface area contributed by atoms with Gasteiger partial charge in [0.25, 0.3) is 5.91 Å². The van der Waals surface area contributed by atoms with Crippen molar-refractivity contribution in [2.75, 3.05) is 5.32 Å². The van der Waals surface area contributed by atoms with E-state index in [4.69, 9.17) is 5.10 Å². The Hall–Kier alpha value is -3.23. The average Bonchev–Trinajstić information content (AvgIpc) is 3.31. The molecule has 1 heterocycles. The topological polar surface area (TPSA) is 46.9 Å². The lowest BCUT2D eigenvalue weighted by molar-refractivity contribution is -0.00765. The van der Waals surface area contributed by atoms with E-state index >= 15 is 0 Å². The van der Waals surface area contributed by atoms with Gasteiger partial charge in [-0.25, -0.2) is 26.6 Å². The molecular weight excluding hydrogens is 465 g/mol. The number of carbonyl (C=O) groups is 1. The lowest BCUT2D eigenvalue weighted by Crippen LogP contribution is -2.49. The Kier molecular flexibility index (Phi) is 5.02. The van der Waals surface area contributed by atoms with E-state index < -0.39 is 40.7 Å². The molecule has 4 nitrogen and oxygen atoms in total. The summed E-state index contributed by atoms with van der Waals surface area (Å²) < 4.78 is 71.1. The van der Waals surface area contributed by atoms with Crippen molar-refractivity contribution in [3.05, 3.63) is 76.9 Å². The van der Waals surface area contributed by atoms with E-state index in [9.17, 15) is 26.7 Å². The van der Waals surface area contributed by atoms with Gasteiger partial charge in [0.2, 0.25) is 5.82 Å². The van der Waals surface area contributed by atoms with Gasteiger partial charge < -0.3 is 5.32 Å². The lowest BCUT2D eigenvalue weighted by atomic mass is 9.48. The Balaban J connectivity index is 1.45. The predicted octanol–water partition coefficient (Wildman–Crippen LogP) is 6.29. The van der Waals surface area contributed by atoms with Crippen LogP contribution in [0.1, 0.15) is 54.6 Å². The number of rotatable bonds is 4. The number of nitrogens with zero attached hydrogens (tertiary/aromatic N) is 2. The molecule has 4 bridgehead atoms. The number of halogens is 5. The molecule has 0 radical (unpaired) electrons. The maximum atomic E-state index is 14.3. The van der Waals surface area contributed by atoms with Crippen LogP contribution in [0.4, 0.5) is 27.6 Å². The molecule has 1 aromatic heterocycles. The molecule has 2 aromatic carbocycles. The molecule has 0 spiro atoms. The second-order valence-electron chi connectivity index (χ2n) is 10.3. The summed E-state index contributed by atoms with van der Waals surface area (Å²) in [6.07, 6.45) is 7.56. The van der Waals surface area contributed by atoms with E-state index in [0.29, 0.717) is 29.1 Å². The number of nitrogens with one attached hydrogen (secondary N) is 1. The molecule has 4 aliphatic carbocycles. The Morgan fingerprint density at radius 1 is 0.829 bits per heavy atom. The third-order valence-electron chi connectivity index (χ3n) is 7.97. The molecule has 3 aromatic rings. The van der Waals surface area contributed by atoms with Crippen molar-refractivity contribution in [2.45, 2.75) is 43.9 Å². The fourth-order valence-corrected chi connectivity index (χ4v) is 6.94. The van der Waals surface area contributed by atoms with Crippen LogP contribution in [-0.4, -0.2) is 15.7 Å². The number of anilines is 1. The summed E-state index contributed by atoms with van der Waals surface area (Å²) in [4.78, 5) is 13.3. The molecule has 4 saturated carbocycles. The Labute approximate surface area is 198 Å². The molecular formula is C26H22F5N3O. The van der Waals surface area contributed by atoms with Crippen molar-refractivity contribution >= 4 is 11.6 Å². The molecule has 0 saturated heterocycles. The number of carbonyl (C=O) groups excluding carboxylic acids is 1. The molecule has 182 valence electrons. The van der Waals surface area contributed by atoms with Crippen LogP contribution in [0, 0.1) is 46.8 Å². The molecule has 7 rings (SSSR count). The van der Waals surface area contributed by atoms with Gasteiger partial charge in [-0.3, -0.25) is 4.79 Å². The highest BCUT2D eigenvalue weighted by atomic mass is 19.2. The third-order valence-corrected chi connectivity index (χ3v) is 7.97. The zero-order valence-electron chi connectivity index (χ0n) is 18.6. The Morgan fingerprint density at radius 3 is 1.89 bits per heavy atom. The van der Waals surface area contributed by atoms with E-state index in [2.05, 4.69) is 0 Å². The van der Waals surface area contributed by atoms with E-state index in [-0.39, 0.29) is 11.0 Å². The smallest absolute Gasteiger partial charge is 0.259 e. The first-order chi connectivity index (χ1) is 16.8. The first kappa shape index (κ1) is 22.2. The molecule has 9 heteroatoms. The van der Waals surface area contributed by atoms with E-state index in [1.54, 1.807) is 4.68 Å². The normalized spacial score (nSPS) is 26.8. The molecule has 1 N–H and O–H groups in total. The van der Waals surface area contributed by atoms with Crippen molar-refractivity contribution in [1.29, 1.82) is 0 Å². The molecule has 0 atom stereocenters. The molecule has 1 amide bonds. The summed E-state index contributed by atoms with van der Waals surface area (Å²) in [7, 11) is 0. The third kappa shape index (κ3) is 3.46. The maximum Gasteiger partial charge on any atom is 0.259 e. The summed E-state index contributed by atoms with van der Waals surface area (Å²) in [5, 5.41) is 6.74.